The minimum Gasteiger partial charge on any atom is -0.491 e. The van der Waals surface area contributed by atoms with Gasteiger partial charge >= 0.3 is 11.9 Å². The van der Waals surface area contributed by atoms with Crippen molar-refractivity contribution in [1.29, 1.82) is 0 Å². The van der Waals surface area contributed by atoms with Crippen LogP contribution in [-0.4, -0.2) is 23.6 Å². The van der Waals surface area contributed by atoms with Crippen molar-refractivity contribution in [2.45, 2.75) is 132 Å². The van der Waals surface area contributed by atoms with E-state index >= 15 is 0 Å². The first kappa shape index (κ1) is 45.7. The van der Waals surface area contributed by atoms with Crippen molar-refractivity contribution < 1.29 is 28.5 Å². The van der Waals surface area contributed by atoms with Crippen LogP contribution >= 0.6 is 0 Å². The molecule has 0 heterocycles. The van der Waals surface area contributed by atoms with Crippen molar-refractivity contribution in [2.24, 2.45) is 11.3 Å². The molecule has 0 saturated carbocycles. The molecule has 2 atom stereocenters. The average Bonchev–Trinajstić information content (AvgIpc) is 3.24. The molecule has 5 rings (SSSR count). The van der Waals surface area contributed by atoms with Gasteiger partial charge in [-0.25, -0.2) is 0 Å². The van der Waals surface area contributed by atoms with Crippen LogP contribution in [0.2, 0.25) is 0 Å². The minimum atomic E-state index is -0.792. The van der Waals surface area contributed by atoms with Gasteiger partial charge in [-0.1, -0.05) is 113 Å². The molecule has 0 amide bonds. The van der Waals surface area contributed by atoms with E-state index in [1.54, 1.807) is 0 Å². The van der Waals surface area contributed by atoms with E-state index in [9.17, 15) is 9.59 Å². The Hall–Kier alpha value is -5.36. The summed E-state index contributed by atoms with van der Waals surface area (Å²) in [4.78, 5) is 26.8. The van der Waals surface area contributed by atoms with Crippen molar-refractivity contribution in [3.63, 3.8) is 0 Å². The van der Waals surface area contributed by atoms with Crippen LogP contribution in [0.25, 0.3) is 0 Å². The normalized spacial score (nSPS) is 13.6. The van der Waals surface area contributed by atoms with Crippen LogP contribution in [0.4, 0.5) is 0 Å². The highest BCUT2D eigenvalue weighted by molar-refractivity contribution is 5.78. The molecule has 318 valence electrons. The standard InChI is InChI=1S/C54H66O6/c1-14-51(9,10)50(56)58-45-28-22-41(23-29-45)53(13,40-20-18-17-19-21-40)42-24-30-46(31-25-42)60-54(15-2,16-3)39(8)49(55)59-48-33-27-44(35-38(48)7)52(11,12)43-26-32-47(37(6)34-43)57-36(4)5/h17-36,39H,14-16H2,1-13H3. The lowest BCUT2D eigenvalue weighted by atomic mass is 9.71. The third-order valence-corrected chi connectivity index (χ3v) is 12.9. The molecule has 5 aromatic rings. The number of rotatable bonds is 17. The third kappa shape index (κ3) is 9.65. The molecular formula is C54H66O6. The number of benzene rings is 5. The summed E-state index contributed by atoms with van der Waals surface area (Å²) >= 11 is 0. The van der Waals surface area contributed by atoms with Gasteiger partial charge in [0.25, 0.3) is 0 Å². The Kier molecular flexibility index (Phi) is 14.1. The van der Waals surface area contributed by atoms with Gasteiger partial charge in [0.15, 0.2) is 0 Å². The van der Waals surface area contributed by atoms with E-state index in [0.29, 0.717) is 36.5 Å². The molecule has 0 aliphatic heterocycles. The van der Waals surface area contributed by atoms with Crippen LogP contribution in [0.5, 0.6) is 23.0 Å². The maximum Gasteiger partial charge on any atom is 0.318 e. The molecule has 2 unspecified atom stereocenters. The summed E-state index contributed by atoms with van der Waals surface area (Å²) in [6.45, 7) is 26.6. The quantitative estimate of drug-likeness (QED) is 0.0529. The van der Waals surface area contributed by atoms with Gasteiger partial charge in [-0.3, -0.25) is 9.59 Å². The zero-order valence-electron chi connectivity index (χ0n) is 38.2. The number of esters is 2. The lowest BCUT2D eigenvalue weighted by molar-refractivity contribution is -0.147. The highest BCUT2D eigenvalue weighted by Gasteiger charge is 2.41. The van der Waals surface area contributed by atoms with Crippen molar-refractivity contribution in [2.75, 3.05) is 0 Å². The second kappa shape index (κ2) is 18.5. The summed E-state index contributed by atoms with van der Waals surface area (Å²) in [7, 11) is 0. The van der Waals surface area contributed by atoms with Crippen molar-refractivity contribution in [1.82, 2.24) is 0 Å². The second-order valence-electron chi connectivity index (χ2n) is 17.9. The highest BCUT2D eigenvalue weighted by Crippen LogP contribution is 2.42. The van der Waals surface area contributed by atoms with Crippen LogP contribution < -0.4 is 18.9 Å². The smallest absolute Gasteiger partial charge is 0.318 e. The van der Waals surface area contributed by atoms with E-state index in [-0.39, 0.29) is 23.5 Å². The van der Waals surface area contributed by atoms with Crippen LogP contribution in [-0.2, 0) is 20.4 Å². The second-order valence-corrected chi connectivity index (χ2v) is 17.9. The van der Waals surface area contributed by atoms with Gasteiger partial charge in [0, 0.05) is 10.8 Å². The summed E-state index contributed by atoms with van der Waals surface area (Å²) in [5, 5.41) is 0. The van der Waals surface area contributed by atoms with E-state index in [1.807, 2.05) is 109 Å². The fourth-order valence-corrected chi connectivity index (χ4v) is 7.86. The van der Waals surface area contributed by atoms with Crippen LogP contribution in [0, 0.1) is 25.2 Å². The van der Waals surface area contributed by atoms with Crippen molar-refractivity contribution in [3.05, 3.63) is 154 Å². The maximum atomic E-state index is 14.0. The van der Waals surface area contributed by atoms with Crippen LogP contribution in [0.1, 0.15) is 134 Å². The monoisotopic (exact) mass is 810 g/mol. The Labute approximate surface area is 359 Å². The van der Waals surface area contributed by atoms with Crippen LogP contribution in [0.15, 0.2) is 115 Å². The Balaban J connectivity index is 1.34. The lowest BCUT2D eigenvalue weighted by Crippen LogP contribution is -2.46. The maximum absolute atomic E-state index is 14.0. The number of hydrogen-bond donors (Lipinski definition) is 0. The minimum absolute atomic E-state index is 0.111. The number of hydrogen-bond acceptors (Lipinski definition) is 6. The number of carbonyl (C=O) groups excluding carboxylic acids is 2. The Morgan fingerprint density at radius 3 is 1.48 bits per heavy atom. The van der Waals surface area contributed by atoms with Gasteiger partial charge < -0.3 is 18.9 Å². The van der Waals surface area contributed by atoms with Gasteiger partial charge in [-0.15, -0.1) is 0 Å². The largest absolute Gasteiger partial charge is 0.491 e. The first-order chi connectivity index (χ1) is 28.3. The Morgan fingerprint density at radius 2 is 1.02 bits per heavy atom. The van der Waals surface area contributed by atoms with E-state index in [0.717, 1.165) is 39.1 Å². The molecule has 60 heavy (non-hydrogen) atoms. The van der Waals surface area contributed by atoms with Gasteiger partial charge in [-0.2, -0.15) is 0 Å². The first-order valence-electron chi connectivity index (χ1n) is 21.6. The van der Waals surface area contributed by atoms with Crippen molar-refractivity contribution >= 4 is 11.9 Å². The molecule has 0 aliphatic carbocycles. The summed E-state index contributed by atoms with van der Waals surface area (Å²) in [5.41, 5.74) is 5.39. The van der Waals surface area contributed by atoms with Gasteiger partial charge in [0.1, 0.15) is 28.6 Å². The van der Waals surface area contributed by atoms with Gasteiger partial charge in [0.2, 0.25) is 0 Å². The summed E-state index contributed by atoms with van der Waals surface area (Å²) in [5.74, 6) is 1.52. The van der Waals surface area contributed by atoms with E-state index in [1.165, 1.54) is 5.56 Å². The molecule has 0 bridgehead atoms. The summed E-state index contributed by atoms with van der Waals surface area (Å²) in [6, 6.07) is 38.8. The summed E-state index contributed by atoms with van der Waals surface area (Å²) < 4.78 is 24.7. The molecule has 0 radical (unpaired) electrons. The molecule has 0 spiro atoms. The van der Waals surface area contributed by atoms with Crippen molar-refractivity contribution in [3.8, 4) is 23.0 Å². The van der Waals surface area contributed by atoms with E-state index in [2.05, 4.69) is 96.1 Å². The molecule has 6 heteroatoms. The zero-order valence-corrected chi connectivity index (χ0v) is 38.2. The molecule has 0 aliphatic rings. The fourth-order valence-electron chi connectivity index (χ4n) is 7.86. The highest BCUT2D eigenvalue weighted by atomic mass is 16.5. The van der Waals surface area contributed by atoms with E-state index < -0.39 is 22.3 Å². The summed E-state index contributed by atoms with van der Waals surface area (Å²) in [6.07, 6.45) is 2.03. The third-order valence-electron chi connectivity index (χ3n) is 12.9. The number of ether oxygens (including phenoxy) is 4. The van der Waals surface area contributed by atoms with E-state index in [4.69, 9.17) is 18.9 Å². The van der Waals surface area contributed by atoms with Gasteiger partial charge in [0.05, 0.1) is 17.4 Å². The molecule has 6 nitrogen and oxygen atoms in total. The predicted octanol–water partition coefficient (Wildman–Crippen LogP) is 13.3. The lowest BCUT2D eigenvalue weighted by Gasteiger charge is -2.37. The molecular weight excluding hydrogens is 745 g/mol. The van der Waals surface area contributed by atoms with Crippen LogP contribution in [0.3, 0.4) is 0 Å². The first-order valence-corrected chi connectivity index (χ1v) is 21.6. The molecule has 0 fully saturated rings. The molecule has 0 aromatic heterocycles. The zero-order chi connectivity index (χ0) is 44.0. The molecule has 0 N–H and O–H groups in total. The Morgan fingerprint density at radius 1 is 0.550 bits per heavy atom. The number of aryl methyl sites for hydroxylation is 2. The average molecular weight is 811 g/mol. The molecule has 5 aromatic carbocycles. The Bertz CT molecular complexity index is 2230. The SMILES string of the molecule is CCC(C)(C)C(=O)Oc1ccc(C(C)(c2ccccc2)c2ccc(OC(CC)(CC)C(C)C(=O)Oc3ccc(C(C)(C)c4ccc(OC(C)C)c(C)c4)cc3C)cc2)cc1. The number of carbonyl (C=O) groups is 2. The van der Waals surface area contributed by atoms with Gasteiger partial charge in [-0.05, 0) is 150 Å². The topological polar surface area (TPSA) is 71.1 Å². The fraction of sp³-hybridized carbons (Fsp3) is 0.407. The molecule has 0 saturated heterocycles. The predicted molar refractivity (Wildman–Crippen MR) is 244 cm³/mol.